The fraction of sp³-hybridized carbons (Fsp3) is 0.429. The van der Waals surface area contributed by atoms with Crippen molar-refractivity contribution in [3.63, 3.8) is 0 Å². The van der Waals surface area contributed by atoms with Crippen LogP contribution in [0.25, 0.3) is 0 Å². The maximum atomic E-state index is 13.4. The minimum Gasteiger partial charge on any atom is -0.409 e. The number of oxime groups is 1. The molecule has 3 N–H and O–H groups in total. The van der Waals surface area contributed by atoms with Gasteiger partial charge in [0, 0.05) is 29.5 Å². The van der Waals surface area contributed by atoms with Crippen molar-refractivity contribution in [3.8, 4) is 0 Å². The third-order valence-electron chi connectivity index (χ3n) is 2.75. The van der Waals surface area contributed by atoms with Gasteiger partial charge in [-0.1, -0.05) is 34.9 Å². The molecule has 5 nitrogen and oxygen atoms in total. The van der Waals surface area contributed by atoms with Gasteiger partial charge in [-0.15, -0.1) is 0 Å². The summed E-state index contributed by atoms with van der Waals surface area (Å²) in [5.41, 5.74) is 5.70. The number of hydrogen-bond donors (Lipinski definition) is 2. The zero-order valence-corrected chi connectivity index (χ0v) is 13.6. The first kappa shape index (κ1) is 17.4. The monoisotopic (exact) mass is 359 g/mol. The van der Waals surface area contributed by atoms with Gasteiger partial charge in [-0.05, 0) is 24.1 Å². The van der Waals surface area contributed by atoms with Crippen LogP contribution < -0.4 is 5.73 Å². The molecule has 0 bridgehead atoms. The molecule has 7 heteroatoms. The molecule has 1 rings (SSSR count). The highest BCUT2D eigenvalue weighted by Gasteiger charge is 2.18. The minimum atomic E-state index is -0.478. The van der Waals surface area contributed by atoms with Crippen LogP contribution in [-0.2, 0) is 0 Å². The van der Waals surface area contributed by atoms with Crippen molar-refractivity contribution in [2.75, 3.05) is 13.1 Å². The molecule has 0 spiro atoms. The van der Waals surface area contributed by atoms with E-state index >= 15 is 0 Å². The van der Waals surface area contributed by atoms with Crippen molar-refractivity contribution in [2.45, 2.75) is 20.3 Å². The van der Waals surface area contributed by atoms with Crippen LogP contribution in [0.5, 0.6) is 0 Å². The molecule has 0 fully saturated rings. The SMILES string of the molecule is CC(C)CN(CCC(N)=NO)C(=O)c1cc(F)cc(Br)c1. The van der Waals surface area contributed by atoms with E-state index in [2.05, 4.69) is 21.1 Å². The first-order valence-corrected chi connectivity index (χ1v) is 7.34. The molecule has 0 radical (unpaired) electrons. The second kappa shape index (κ2) is 7.97. The number of carbonyl (C=O) groups is 1. The predicted octanol–water partition coefficient (Wildman–Crippen LogP) is 2.82. The van der Waals surface area contributed by atoms with Gasteiger partial charge in [0.25, 0.3) is 5.91 Å². The summed E-state index contributed by atoms with van der Waals surface area (Å²) in [6.45, 7) is 4.77. The summed E-state index contributed by atoms with van der Waals surface area (Å²) in [6.07, 6.45) is 0.255. The van der Waals surface area contributed by atoms with E-state index in [4.69, 9.17) is 10.9 Å². The third kappa shape index (κ3) is 5.71. The lowest BCUT2D eigenvalue weighted by molar-refractivity contribution is 0.0740. The topological polar surface area (TPSA) is 78.9 Å². The van der Waals surface area contributed by atoms with Crippen molar-refractivity contribution < 1.29 is 14.4 Å². The molecule has 0 aliphatic heterocycles. The van der Waals surface area contributed by atoms with Crippen LogP contribution in [0, 0.1) is 11.7 Å². The summed E-state index contributed by atoms with van der Waals surface area (Å²) in [5.74, 6) is -0.460. The Kier molecular flexibility index (Phi) is 6.61. The molecule has 0 aromatic heterocycles. The number of carbonyl (C=O) groups excluding carboxylic acids is 1. The van der Waals surface area contributed by atoms with E-state index in [1.54, 1.807) is 11.0 Å². The summed E-state index contributed by atoms with van der Waals surface area (Å²) in [4.78, 5) is 14.1. The van der Waals surface area contributed by atoms with E-state index in [0.717, 1.165) is 0 Å². The summed E-state index contributed by atoms with van der Waals surface area (Å²) in [5, 5.41) is 11.5. The number of benzene rings is 1. The number of amidine groups is 1. The van der Waals surface area contributed by atoms with Crippen molar-refractivity contribution >= 4 is 27.7 Å². The molecular weight excluding hydrogens is 341 g/mol. The Labute approximate surface area is 131 Å². The van der Waals surface area contributed by atoms with Gasteiger partial charge in [0.05, 0.1) is 0 Å². The van der Waals surface area contributed by atoms with Crippen LogP contribution in [0.15, 0.2) is 27.8 Å². The molecule has 21 heavy (non-hydrogen) atoms. The van der Waals surface area contributed by atoms with Gasteiger partial charge >= 0.3 is 0 Å². The lowest BCUT2D eigenvalue weighted by atomic mass is 10.1. The number of halogens is 2. The van der Waals surface area contributed by atoms with Crippen molar-refractivity contribution in [1.29, 1.82) is 0 Å². The Bertz CT molecular complexity index is 515. The lowest BCUT2D eigenvalue weighted by Gasteiger charge is -2.24. The molecular formula is C14H19BrFN3O2. The molecule has 0 aliphatic carbocycles. The highest BCUT2D eigenvalue weighted by molar-refractivity contribution is 9.10. The number of hydrogen-bond acceptors (Lipinski definition) is 3. The Balaban J connectivity index is 2.93. The van der Waals surface area contributed by atoms with Crippen LogP contribution in [0.3, 0.4) is 0 Å². The fourth-order valence-electron chi connectivity index (χ4n) is 1.88. The van der Waals surface area contributed by atoms with Crippen LogP contribution in [0.2, 0.25) is 0 Å². The van der Waals surface area contributed by atoms with E-state index in [-0.39, 0.29) is 29.6 Å². The summed E-state index contributed by atoms with van der Waals surface area (Å²) in [7, 11) is 0. The maximum absolute atomic E-state index is 13.4. The number of amides is 1. The zero-order chi connectivity index (χ0) is 16.0. The van der Waals surface area contributed by atoms with Gasteiger partial charge in [0.1, 0.15) is 11.7 Å². The van der Waals surface area contributed by atoms with E-state index in [9.17, 15) is 9.18 Å². The first-order valence-electron chi connectivity index (χ1n) is 6.55. The van der Waals surface area contributed by atoms with E-state index in [1.807, 2.05) is 13.8 Å². The van der Waals surface area contributed by atoms with Crippen molar-refractivity contribution in [3.05, 3.63) is 34.1 Å². The molecule has 0 saturated heterocycles. The molecule has 0 heterocycles. The molecule has 0 saturated carbocycles. The average molecular weight is 360 g/mol. The van der Waals surface area contributed by atoms with Crippen LogP contribution in [0.1, 0.15) is 30.6 Å². The minimum absolute atomic E-state index is 0.0528. The van der Waals surface area contributed by atoms with Gasteiger partial charge in [-0.25, -0.2) is 4.39 Å². The summed E-state index contributed by atoms with van der Waals surface area (Å²) < 4.78 is 13.9. The number of nitrogens with two attached hydrogens (primary N) is 1. The van der Waals surface area contributed by atoms with Crippen molar-refractivity contribution in [1.82, 2.24) is 4.90 Å². The predicted molar refractivity (Wildman–Crippen MR) is 82.9 cm³/mol. The maximum Gasteiger partial charge on any atom is 0.254 e. The normalized spacial score (nSPS) is 11.8. The molecule has 0 atom stereocenters. The lowest BCUT2D eigenvalue weighted by Crippen LogP contribution is -2.36. The van der Waals surface area contributed by atoms with Gasteiger partial charge < -0.3 is 15.8 Å². The van der Waals surface area contributed by atoms with Crippen molar-refractivity contribution in [2.24, 2.45) is 16.8 Å². The highest BCUT2D eigenvalue weighted by Crippen LogP contribution is 2.17. The number of rotatable bonds is 6. The Morgan fingerprint density at radius 2 is 2.14 bits per heavy atom. The van der Waals surface area contributed by atoms with Gasteiger partial charge in [0.2, 0.25) is 0 Å². The standard InChI is InChI=1S/C14H19BrFN3O2/c1-9(2)8-19(4-3-13(17)18-21)14(20)10-5-11(15)7-12(16)6-10/h5-7,9,21H,3-4,8H2,1-2H3,(H2,17,18). The van der Waals surface area contributed by atoms with Crippen LogP contribution in [-0.4, -0.2) is 34.9 Å². The largest absolute Gasteiger partial charge is 0.409 e. The molecule has 1 aromatic rings. The Hall–Kier alpha value is -1.63. The van der Waals surface area contributed by atoms with E-state index in [0.29, 0.717) is 17.6 Å². The Morgan fingerprint density at radius 1 is 1.48 bits per heavy atom. The quantitative estimate of drug-likeness (QED) is 0.354. The van der Waals surface area contributed by atoms with Crippen LogP contribution in [0.4, 0.5) is 4.39 Å². The smallest absolute Gasteiger partial charge is 0.254 e. The van der Waals surface area contributed by atoms with Gasteiger partial charge in [-0.3, -0.25) is 4.79 Å². The summed E-state index contributed by atoms with van der Waals surface area (Å²) in [6, 6.07) is 4.06. The molecule has 0 aliphatic rings. The van der Waals surface area contributed by atoms with Crippen LogP contribution >= 0.6 is 15.9 Å². The van der Waals surface area contributed by atoms with Gasteiger partial charge in [0.15, 0.2) is 0 Å². The second-order valence-corrected chi connectivity index (χ2v) is 6.06. The first-order chi connectivity index (χ1) is 9.83. The second-order valence-electron chi connectivity index (χ2n) is 5.14. The van der Waals surface area contributed by atoms with Gasteiger partial charge in [-0.2, -0.15) is 0 Å². The third-order valence-corrected chi connectivity index (χ3v) is 3.21. The van der Waals surface area contributed by atoms with E-state index in [1.165, 1.54) is 12.1 Å². The Morgan fingerprint density at radius 3 is 2.67 bits per heavy atom. The fourth-order valence-corrected chi connectivity index (χ4v) is 2.34. The number of nitrogens with zero attached hydrogens (tertiary/aromatic N) is 2. The molecule has 116 valence electrons. The van der Waals surface area contributed by atoms with E-state index < -0.39 is 5.82 Å². The average Bonchev–Trinajstić information content (AvgIpc) is 2.40. The molecule has 0 unspecified atom stereocenters. The summed E-state index contributed by atoms with van der Waals surface area (Å²) >= 11 is 3.17. The highest BCUT2D eigenvalue weighted by atomic mass is 79.9. The molecule has 1 amide bonds. The molecule has 1 aromatic carbocycles. The zero-order valence-electron chi connectivity index (χ0n) is 12.0.